The molecule has 0 aliphatic heterocycles. The molecular formula is C11H23NOS. The first-order chi connectivity index (χ1) is 6.81. The fourth-order valence-corrected chi connectivity index (χ4v) is 3.13. The highest BCUT2D eigenvalue weighted by molar-refractivity contribution is 7.99. The zero-order valence-electron chi connectivity index (χ0n) is 9.58. The molecule has 3 heteroatoms. The molecule has 0 aromatic heterocycles. The first kappa shape index (κ1) is 12.3. The van der Waals surface area contributed by atoms with Gasteiger partial charge in [0.2, 0.25) is 0 Å². The Kier molecular flexibility index (Phi) is 5.90. The topological polar surface area (TPSA) is 21.3 Å². The maximum atomic E-state index is 5.20. The summed E-state index contributed by atoms with van der Waals surface area (Å²) in [5, 5.41) is 4.54. The molecule has 0 saturated heterocycles. The average Bonchev–Trinajstić information content (AvgIpc) is 2.64. The van der Waals surface area contributed by atoms with Gasteiger partial charge in [-0.1, -0.05) is 13.3 Å². The van der Waals surface area contributed by atoms with E-state index >= 15 is 0 Å². The predicted octanol–water partition coefficient (Wildman–Crippen LogP) is 2.29. The van der Waals surface area contributed by atoms with Crippen LogP contribution in [-0.4, -0.2) is 37.3 Å². The monoisotopic (exact) mass is 217 g/mol. The molecule has 3 atom stereocenters. The third-order valence-electron chi connectivity index (χ3n) is 3.07. The summed E-state index contributed by atoms with van der Waals surface area (Å²) >= 11 is 2.01. The predicted molar refractivity (Wildman–Crippen MR) is 64.0 cm³/mol. The lowest BCUT2D eigenvalue weighted by molar-refractivity contribution is 0.159. The largest absolute Gasteiger partial charge is 0.383 e. The maximum absolute atomic E-state index is 5.20. The summed E-state index contributed by atoms with van der Waals surface area (Å²) in [7, 11) is 1.78. The molecule has 0 unspecified atom stereocenters. The summed E-state index contributed by atoms with van der Waals surface area (Å²) in [6, 6.07) is 1.25. The summed E-state index contributed by atoms with van der Waals surface area (Å²) in [4.78, 5) is 0. The molecule has 0 aromatic carbocycles. The molecule has 1 rings (SSSR count). The second kappa shape index (κ2) is 6.70. The van der Waals surface area contributed by atoms with Crippen molar-refractivity contribution in [2.24, 2.45) is 0 Å². The van der Waals surface area contributed by atoms with E-state index in [0.29, 0.717) is 12.1 Å². The van der Waals surface area contributed by atoms with Gasteiger partial charge in [0.15, 0.2) is 0 Å². The Bertz CT molecular complexity index is 154. The van der Waals surface area contributed by atoms with Gasteiger partial charge in [0.25, 0.3) is 0 Å². The van der Waals surface area contributed by atoms with Gasteiger partial charge in [0.1, 0.15) is 0 Å². The highest BCUT2D eigenvalue weighted by Crippen LogP contribution is 2.28. The van der Waals surface area contributed by atoms with Gasteiger partial charge in [-0.3, -0.25) is 0 Å². The standard InChI is InChI=1S/C11H23NOS/c1-4-9(8-13-2)12-10-6-5-7-11(10)14-3/h9-12H,4-8H2,1-3H3/t9-,10-,11+/m1/s1. The Balaban J connectivity index is 2.32. The van der Waals surface area contributed by atoms with Crippen LogP contribution < -0.4 is 5.32 Å². The lowest BCUT2D eigenvalue weighted by Crippen LogP contribution is -2.43. The lowest BCUT2D eigenvalue weighted by atomic mass is 10.1. The van der Waals surface area contributed by atoms with Crippen molar-refractivity contribution in [3.63, 3.8) is 0 Å². The van der Waals surface area contributed by atoms with E-state index in [0.717, 1.165) is 18.3 Å². The van der Waals surface area contributed by atoms with Crippen LogP contribution in [0.5, 0.6) is 0 Å². The molecule has 0 bridgehead atoms. The zero-order chi connectivity index (χ0) is 10.4. The first-order valence-corrected chi connectivity index (χ1v) is 6.88. The Morgan fingerprint density at radius 3 is 2.86 bits per heavy atom. The van der Waals surface area contributed by atoms with Crippen LogP contribution in [0.2, 0.25) is 0 Å². The summed E-state index contributed by atoms with van der Waals surface area (Å²) < 4.78 is 5.20. The smallest absolute Gasteiger partial charge is 0.0615 e. The van der Waals surface area contributed by atoms with Gasteiger partial charge < -0.3 is 10.1 Å². The number of nitrogens with one attached hydrogen (secondary N) is 1. The van der Waals surface area contributed by atoms with Crippen molar-refractivity contribution in [1.82, 2.24) is 5.32 Å². The number of methoxy groups -OCH3 is 1. The zero-order valence-corrected chi connectivity index (χ0v) is 10.4. The Hall–Kier alpha value is 0.270. The molecule has 1 fully saturated rings. The highest BCUT2D eigenvalue weighted by Gasteiger charge is 2.27. The molecule has 84 valence electrons. The molecule has 0 amide bonds. The molecule has 0 aromatic rings. The van der Waals surface area contributed by atoms with Crippen LogP contribution >= 0.6 is 11.8 Å². The molecule has 1 aliphatic rings. The summed E-state index contributed by atoms with van der Waals surface area (Å²) in [5.41, 5.74) is 0. The fourth-order valence-electron chi connectivity index (χ4n) is 2.19. The van der Waals surface area contributed by atoms with E-state index in [1.807, 2.05) is 11.8 Å². The second-order valence-corrected chi connectivity index (χ2v) is 5.12. The highest BCUT2D eigenvalue weighted by atomic mass is 32.2. The van der Waals surface area contributed by atoms with Crippen LogP contribution in [0.3, 0.4) is 0 Å². The SMILES string of the molecule is CC[C@H](COC)N[C@@H]1CCC[C@@H]1SC. The van der Waals surface area contributed by atoms with Crippen LogP contribution in [0, 0.1) is 0 Å². The van der Waals surface area contributed by atoms with E-state index in [2.05, 4.69) is 18.5 Å². The lowest BCUT2D eigenvalue weighted by Gasteiger charge is -2.25. The van der Waals surface area contributed by atoms with Gasteiger partial charge in [-0.25, -0.2) is 0 Å². The number of thioether (sulfide) groups is 1. The van der Waals surface area contributed by atoms with Gasteiger partial charge in [-0.2, -0.15) is 11.8 Å². The fraction of sp³-hybridized carbons (Fsp3) is 1.00. The van der Waals surface area contributed by atoms with Crippen molar-refractivity contribution in [2.75, 3.05) is 20.0 Å². The van der Waals surface area contributed by atoms with Crippen molar-refractivity contribution in [3.8, 4) is 0 Å². The summed E-state index contributed by atoms with van der Waals surface area (Å²) in [6.45, 7) is 3.06. The summed E-state index contributed by atoms with van der Waals surface area (Å²) in [5.74, 6) is 0. The minimum Gasteiger partial charge on any atom is -0.383 e. The molecule has 0 heterocycles. The van der Waals surface area contributed by atoms with Crippen LogP contribution in [0.4, 0.5) is 0 Å². The molecule has 1 N–H and O–H groups in total. The van der Waals surface area contributed by atoms with E-state index in [4.69, 9.17) is 4.74 Å². The van der Waals surface area contributed by atoms with E-state index in [-0.39, 0.29) is 0 Å². The minimum atomic E-state index is 0.540. The quantitative estimate of drug-likeness (QED) is 0.737. The third-order valence-corrected chi connectivity index (χ3v) is 4.24. The van der Waals surface area contributed by atoms with Gasteiger partial charge in [0, 0.05) is 24.4 Å². The van der Waals surface area contributed by atoms with Crippen LogP contribution in [0.25, 0.3) is 0 Å². The number of hydrogen-bond acceptors (Lipinski definition) is 3. The van der Waals surface area contributed by atoms with Gasteiger partial charge in [-0.05, 0) is 25.5 Å². The number of rotatable bonds is 6. The minimum absolute atomic E-state index is 0.540. The number of ether oxygens (including phenoxy) is 1. The Morgan fingerprint density at radius 1 is 1.50 bits per heavy atom. The second-order valence-electron chi connectivity index (χ2n) is 4.04. The third kappa shape index (κ3) is 3.44. The molecule has 14 heavy (non-hydrogen) atoms. The van der Waals surface area contributed by atoms with E-state index in [1.54, 1.807) is 7.11 Å². The van der Waals surface area contributed by atoms with Gasteiger partial charge in [0.05, 0.1) is 6.61 Å². The Labute approximate surface area is 92.2 Å². The van der Waals surface area contributed by atoms with Crippen LogP contribution in [0.1, 0.15) is 32.6 Å². The van der Waals surface area contributed by atoms with E-state index in [9.17, 15) is 0 Å². The van der Waals surface area contributed by atoms with Crippen LogP contribution in [-0.2, 0) is 4.74 Å². The molecule has 1 aliphatic carbocycles. The molecule has 0 radical (unpaired) electrons. The molecular weight excluding hydrogens is 194 g/mol. The first-order valence-electron chi connectivity index (χ1n) is 5.59. The average molecular weight is 217 g/mol. The van der Waals surface area contributed by atoms with Crippen molar-refractivity contribution < 1.29 is 4.74 Å². The van der Waals surface area contributed by atoms with Crippen molar-refractivity contribution >= 4 is 11.8 Å². The van der Waals surface area contributed by atoms with E-state index in [1.165, 1.54) is 19.3 Å². The molecule has 1 saturated carbocycles. The van der Waals surface area contributed by atoms with Crippen molar-refractivity contribution in [1.29, 1.82) is 0 Å². The van der Waals surface area contributed by atoms with Gasteiger partial charge >= 0.3 is 0 Å². The summed E-state index contributed by atoms with van der Waals surface area (Å²) in [6.07, 6.45) is 7.48. The molecule has 2 nitrogen and oxygen atoms in total. The van der Waals surface area contributed by atoms with E-state index < -0.39 is 0 Å². The van der Waals surface area contributed by atoms with Crippen molar-refractivity contribution in [2.45, 2.75) is 49.9 Å². The van der Waals surface area contributed by atoms with Gasteiger partial charge in [-0.15, -0.1) is 0 Å². The normalized spacial score (nSPS) is 29.4. The van der Waals surface area contributed by atoms with Crippen molar-refractivity contribution in [3.05, 3.63) is 0 Å². The number of hydrogen-bond donors (Lipinski definition) is 1. The molecule has 0 spiro atoms. The Morgan fingerprint density at radius 2 is 2.29 bits per heavy atom. The maximum Gasteiger partial charge on any atom is 0.0615 e. The van der Waals surface area contributed by atoms with Crippen LogP contribution in [0.15, 0.2) is 0 Å².